The second kappa shape index (κ2) is 3.84. The first kappa shape index (κ1) is 9.44. The number of allylic oxidation sites excluding steroid dienone is 1. The molecule has 0 aromatic carbocycles. The molecule has 0 unspecified atom stereocenters. The van der Waals surface area contributed by atoms with Gasteiger partial charge in [-0.3, -0.25) is 4.79 Å². The van der Waals surface area contributed by atoms with Crippen LogP contribution < -0.4 is 0 Å². The lowest BCUT2D eigenvalue weighted by Crippen LogP contribution is -2.06. The Kier molecular flexibility index (Phi) is 2.79. The topological polar surface area (TPSA) is 51.0 Å². The molecule has 70 valence electrons. The summed E-state index contributed by atoms with van der Waals surface area (Å²) < 4.78 is 1.45. The minimum atomic E-state index is -0.0961. The van der Waals surface area contributed by atoms with Gasteiger partial charge in [0, 0.05) is 33.4 Å². The van der Waals surface area contributed by atoms with Gasteiger partial charge in [0.2, 0.25) is 5.78 Å². The molecule has 1 heterocycles. The summed E-state index contributed by atoms with van der Waals surface area (Å²) in [4.78, 5) is 13.2. The number of hydrogen-bond acceptors (Lipinski definition) is 4. The van der Waals surface area contributed by atoms with Crippen molar-refractivity contribution < 1.29 is 4.79 Å². The van der Waals surface area contributed by atoms with Gasteiger partial charge in [0.25, 0.3) is 0 Å². The fraction of sp³-hybridized carbons (Fsp3) is 0.375. The predicted molar refractivity (Wildman–Crippen MR) is 48.2 cm³/mol. The Bertz CT molecular complexity index is 327. The van der Waals surface area contributed by atoms with Crippen LogP contribution in [-0.4, -0.2) is 39.8 Å². The number of ketones is 1. The normalized spacial score (nSPS) is 10.7. The second-order valence-electron chi connectivity index (χ2n) is 2.89. The van der Waals surface area contributed by atoms with Crippen molar-refractivity contribution >= 4 is 5.78 Å². The van der Waals surface area contributed by atoms with Crippen LogP contribution in [0.5, 0.6) is 0 Å². The van der Waals surface area contributed by atoms with E-state index in [-0.39, 0.29) is 5.78 Å². The zero-order valence-electron chi connectivity index (χ0n) is 7.93. The molecule has 0 atom stereocenters. The fourth-order valence-corrected chi connectivity index (χ4v) is 0.815. The van der Waals surface area contributed by atoms with E-state index < -0.39 is 0 Å². The zero-order chi connectivity index (χ0) is 9.84. The number of carbonyl (C=O) groups excluding carboxylic acids is 1. The van der Waals surface area contributed by atoms with Gasteiger partial charge in [-0.25, -0.2) is 4.68 Å². The summed E-state index contributed by atoms with van der Waals surface area (Å²) in [6, 6.07) is 0. The van der Waals surface area contributed by atoms with Crippen LogP contribution in [0.25, 0.3) is 0 Å². The fourth-order valence-electron chi connectivity index (χ4n) is 0.815. The highest BCUT2D eigenvalue weighted by Gasteiger charge is 2.06. The first-order chi connectivity index (χ1) is 6.11. The quantitative estimate of drug-likeness (QED) is 0.488. The predicted octanol–water partition coefficient (Wildman–Crippen LogP) is 0.0731. The SMILES string of the molecule is CN(C)C=CC(=O)c1cnnn1C. The Morgan fingerprint density at radius 3 is 2.77 bits per heavy atom. The average molecular weight is 180 g/mol. The van der Waals surface area contributed by atoms with E-state index in [9.17, 15) is 4.79 Å². The van der Waals surface area contributed by atoms with Gasteiger partial charge in [0.1, 0.15) is 5.69 Å². The van der Waals surface area contributed by atoms with Crippen LogP contribution in [-0.2, 0) is 7.05 Å². The van der Waals surface area contributed by atoms with E-state index in [2.05, 4.69) is 10.3 Å². The highest BCUT2D eigenvalue weighted by Crippen LogP contribution is 1.96. The number of aryl methyl sites for hydroxylation is 1. The molecule has 5 nitrogen and oxygen atoms in total. The van der Waals surface area contributed by atoms with Gasteiger partial charge in [-0.05, 0) is 0 Å². The van der Waals surface area contributed by atoms with Crippen LogP contribution in [0.15, 0.2) is 18.5 Å². The van der Waals surface area contributed by atoms with Crippen molar-refractivity contribution in [1.29, 1.82) is 0 Å². The maximum Gasteiger partial charge on any atom is 0.206 e. The first-order valence-electron chi connectivity index (χ1n) is 3.85. The van der Waals surface area contributed by atoms with E-state index >= 15 is 0 Å². The van der Waals surface area contributed by atoms with Gasteiger partial charge < -0.3 is 4.90 Å². The molecule has 0 spiro atoms. The third-order valence-electron chi connectivity index (χ3n) is 1.49. The van der Waals surface area contributed by atoms with E-state index in [1.807, 2.05) is 14.1 Å². The summed E-state index contributed by atoms with van der Waals surface area (Å²) in [5, 5.41) is 7.28. The summed E-state index contributed by atoms with van der Waals surface area (Å²) in [6.45, 7) is 0. The molecule has 0 aliphatic carbocycles. The van der Waals surface area contributed by atoms with E-state index in [1.54, 1.807) is 18.1 Å². The third kappa shape index (κ3) is 2.40. The Morgan fingerprint density at radius 2 is 2.31 bits per heavy atom. The molecule has 0 saturated carbocycles. The highest BCUT2D eigenvalue weighted by atomic mass is 16.1. The monoisotopic (exact) mass is 180 g/mol. The van der Waals surface area contributed by atoms with Crippen LogP contribution in [0.2, 0.25) is 0 Å². The molecule has 1 rings (SSSR count). The third-order valence-corrected chi connectivity index (χ3v) is 1.49. The van der Waals surface area contributed by atoms with Gasteiger partial charge in [-0.2, -0.15) is 0 Å². The minimum absolute atomic E-state index is 0.0961. The molecule has 5 heteroatoms. The van der Waals surface area contributed by atoms with Crippen LogP contribution in [0.4, 0.5) is 0 Å². The number of rotatable bonds is 3. The van der Waals surface area contributed by atoms with Crippen LogP contribution >= 0.6 is 0 Å². The molecule has 0 radical (unpaired) electrons. The molecule has 13 heavy (non-hydrogen) atoms. The maximum atomic E-state index is 11.4. The lowest BCUT2D eigenvalue weighted by atomic mass is 10.3. The molecule has 1 aromatic rings. The molecule has 0 bridgehead atoms. The number of nitrogens with zero attached hydrogens (tertiary/aromatic N) is 4. The van der Waals surface area contributed by atoms with Crippen LogP contribution in [0.1, 0.15) is 10.5 Å². The Hall–Kier alpha value is -1.65. The van der Waals surface area contributed by atoms with Crippen molar-refractivity contribution in [2.75, 3.05) is 14.1 Å². The second-order valence-corrected chi connectivity index (χ2v) is 2.89. The van der Waals surface area contributed by atoms with Crippen molar-refractivity contribution in [2.24, 2.45) is 7.05 Å². The van der Waals surface area contributed by atoms with E-state index in [0.717, 1.165) is 0 Å². The Balaban J connectivity index is 2.75. The molecule has 0 aliphatic heterocycles. The van der Waals surface area contributed by atoms with Crippen LogP contribution in [0, 0.1) is 0 Å². The molecular formula is C8H12N4O. The molecule has 1 aromatic heterocycles. The summed E-state index contributed by atoms with van der Waals surface area (Å²) >= 11 is 0. The maximum absolute atomic E-state index is 11.4. The minimum Gasteiger partial charge on any atom is -0.383 e. The lowest BCUT2D eigenvalue weighted by molar-refractivity contribution is 0.103. The summed E-state index contributed by atoms with van der Waals surface area (Å²) in [7, 11) is 5.39. The van der Waals surface area contributed by atoms with Crippen molar-refractivity contribution in [2.45, 2.75) is 0 Å². The van der Waals surface area contributed by atoms with Gasteiger partial charge >= 0.3 is 0 Å². The molecule has 0 amide bonds. The molecular weight excluding hydrogens is 168 g/mol. The van der Waals surface area contributed by atoms with Crippen molar-refractivity contribution in [1.82, 2.24) is 19.9 Å². The summed E-state index contributed by atoms with van der Waals surface area (Å²) in [5.74, 6) is -0.0961. The highest BCUT2D eigenvalue weighted by molar-refractivity contribution is 6.02. The van der Waals surface area contributed by atoms with Crippen molar-refractivity contribution in [3.63, 3.8) is 0 Å². The number of hydrogen-bond donors (Lipinski definition) is 0. The van der Waals surface area contributed by atoms with Gasteiger partial charge in [0.15, 0.2) is 0 Å². The van der Waals surface area contributed by atoms with Gasteiger partial charge in [0.05, 0.1) is 6.20 Å². The average Bonchev–Trinajstić information content (AvgIpc) is 2.47. The number of aromatic nitrogens is 3. The summed E-state index contributed by atoms with van der Waals surface area (Å²) in [5.41, 5.74) is 0.484. The van der Waals surface area contributed by atoms with E-state index in [1.165, 1.54) is 17.0 Å². The molecule has 0 aliphatic rings. The smallest absolute Gasteiger partial charge is 0.206 e. The van der Waals surface area contributed by atoms with Gasteiger partial charge in [-0.1, -0.05) is 5.21 Å². The molecule has 0 N–H and O–H groups in total. The first-order valence-corrected chi connectivity index (χ1v) is 3.85. The van der Waals surface area contributed by atoms with Gasteiger partial charge in [-0.15, -0.1) is 5.10 Å². The molecule has 0 fully saturated rings. The van der Waals surface area contributed by atoms with Crippen molar-refractivity contribution in [3.05, 3.63) is 24.2 Å². The van der Waals surface area contributed by atoms with E-state index in [4.69, 9.17) is 0 Å². The number of carbonyl (C=O) groups is 1. The van der Waals surface area contributed by atoms with E-state index in [0.29, 0.717) is 5.69 Å². The summed E-state index contributed by atoms with van der Waals surface area (Å²) in [6.07, 6.45) is 4.62. The Labute approximate surface area is 76.6 Å². The lowest BCUT2D eigenvalue weighted by Gasteiger charge is -2.02. The van der Waals surface area contributed by atoms with Crippen molar-refractivity contribution in [3.8, 4) is 0 Å². The zero-order valence-corrected chi connectivity index (χ0v) is 7.93. The van der Waals surface area contributed by atoms with Crippen LogP contribution in [0.3, 0.4) is 0 Å². The largest absolute Gasteiger partial charge is 0.383 e. The Morgan fingerprint density at radius 1 is 1.62 bits per heavy atom. The standard InChI is InChI=1S/C8H12N4O/c1-11(2)5-4-8(13)7-6-9-10-12(7)3/h4-6H,1-3H3. The molecule has 0 saturated heterocycles.